The number of rotatable bonds is 8. The first kappa shape index (κ1) is 21.0. The van der Waals surface area contributed by atoms with Gasteiger partial charge in [-0.25, -0.2) is 9.98 Å². The predicted octanol–water partition coefficient (Wildman–Crippen LogP) is 6.65. The van der Waals surface area contributed by atoms with Crippen LogP contribution in [0.3, 0.4) is 0 Å². The molecule has 0 amide bonds. The summed E-state index contributed by atoms with van der Waals surface area (Å²) in [4.78, 5) is 12.2. The van der Waals surface area contributed by atoms with Gasteiger partial charge in [0.1, 0.15) is 12.0 Å². The van der Waals surface area contributed by atoms with Gasteiger partial charge in [0.05, 0.1) is 0 Å². The SMILES string of the molecule is CCCCCCc1ccc(C2N=C(c3ccccc3)N=C(c3ccccc3)N2C)cc1. The smallest absolute Gasteiger partial charge is 0.159 e. The summed E-state index contributed by atoms with van der Waals surface area (Å²) in [6.45, 7) is 2.26. The van der Waals surface area contributed by atoms with Gasteiger partial charge >= 0.3 is 0 Å². The van der Waals surface area contributed by atoms with Crippen LogP contribution >= 0.6 is 0 Å². The largest absolute Gasteiger partial charge is 0.333 e. The maximum atomic E-state index is 5.05. The molecule has 0 saturated carbocycles. The highest BCUT2D eigenvalue weighted by Crippen LogP contribution is 2.28. The predicted molar refractivity (Wildman–Crippen MR) is 131 cm³/mol. The van der Waals surface area contributed by atoms with Crippen molar-refractivity contribution < 1.29 is 0 Å². The monoisotopic (exact) mass is 409 g/mol. The molecular formula is C28H31N3. The van der Waals surface area contributed by atoms with Gasteiger partial charge in [-0.1, -0.05) is 111 Å². The Morgan fingerprint density at radius 1 is 0.742 bits per heavy atom. The lowest BCUT2D eigenvalue weighted by molar-refractivity contribution is 0.383. The van der Waals surface area contributed by atoms with Gasteiger partial charge in [0.25, 0.3) is 0 Å². The van der Waals surface area contributed by atoms with Crippen molar-refractivity contribution in [2.45, 2.75) is 45.2 Å². The Morgan fingerprint density at radius 3 is 2.03 bits per heavy atom. The van der Waals surface area contributed by atoms with Gasteiger partial charge in [-0.2, -0.15) is 0 Å². The molecule has 1 aliphatic rings. The van der Waals surface area contributed by atoms with Crippen molar-refractivity contribution in [3.63, 3.8) is 0 Å². The fourth-order valence-electron chi connectivity index (χ4n) is 4.02. The van der Waals surface area contributed by atoms with E-state index in [0.717, 1.165) is 29.2 Å². The molecule has 158 valence electrons. The van der Waals surface area contributed by atoms with Crippen molar-refractivity contribution in [1.82, 2.24) is 4.90 Å². The first-order valence-electron chi connectivity index (χ1n) is 11.4. The molecule has 0 aliphatic carbocycles. The minimum absolute atomic E-state index is 0.1000. The fraction of sp³-hybridized carbons (Fsp3) is 0.286. The Bertz CT molecular complexity index is 1020. The highest BCUT2D eigenvalue weighted by Gasteiger charge is 2.26. The number of unbranched alkanes of at least 4 members (excludes halogenated alkanes) is 3. The van der Waals surface area contributed by atoms with Crippen molar-refractivity contribution >= 4 is 11.7 Å². The van der Waals surface area contributed by atoms with Crippen LogP contribution < -0.4 is 0 Å². The second kappa shape index (κ2) is 10.2. The minimum Gasteiger partial charge on any atom is -0.333 e. The van der Waals surface area contributed by atoms with Crippen molar-refractivity contribution in [2.75, 3.05) is 7.05 Å². The van der Waals surface area contributed by atoms with Gasteiger partial charge in [0.15, 0.2) is 5.84 Å². The molecule has 3 nitrogen and oxygen atoms in total. The fourth-order valence-corrected chi connectivity index (χ4v) is 4.02. The van der Waals surface area contributed by atoms with E-state index in [0.29, 0.717) is 0 Å². The minimum atomic E-state index is -0.1000. The molecule has 0 spiro atoms. The molecule has 0 aromatic heterocycles. The molecule has 3 heteroatoms. The van der Waals surface area contributed by atoms with E-state index in [1.807, 2.05) is 24.3 Å². The number of benzene rings is 3. The maximum absolute atomic E-state index is 5.05. The second-order valence-corrected chi connectivity index (χ2v) is 8.16. The van der Waals surface area contributed by atoms with Gasteiger partial charge < -0.3 is 4.90 Å². The number of aliphatic imine (C=N–C) groups is 2. The lowest BCUT2D eigenvalue weighted by atomic mass is 10.0. The molecule has 1 heterocycles. The Hall–Kier alpha value is -3.20. The first-order chi connectivity index (χ1) is 15.3. The van der Waals surface area contributed by atoms with Gasteiger partial charge in [-0.15, -0.1) is 0 Å². The van der Waals surface area contributed by atoms with Crippen LogP contribution in [-0.4, -0.2) is 23.6 Å². The molecule has 0 bridgehead atoms. The van der Waals surface area contributed by atoms with E-state index < -0.39 is 0 Å². The van der Waals surface area contributed by atoms with E-state index in [2.05, 4.69) is 79.5 Å². The number of aryl methyl sites for hydroxylation is 1. The van der Waals surface area contributed by atoms with Crippen LogP contribution in [0.5, 0.6) is 0 Å². The third-order valence-electron chi connectivity index (χ3n) is 5.82. The summed E-state index contributed by atoms with van der Waals surface area (Å²) in [6, 6.07) is 29.6. The van der Waals surface area contributed by atoms with Crippen LogP contribution in [0.4, 0.5) is 0 Å². The summed E-state index contributed by atoms with van der Waals surface area (Å²) in [5, 5.41) is 0. The van der Waals surface area contributed by atoms with Gasteiger partial charge in [-0.3, -0.25) is 0 Å². The maximum Gasteiger partial charge on any atom is 0.159 e. The van der Waals surface area contributed by atoms with E-state index in [4.69, 9.17) is 9.98 Å². The van der Waals surface area contributed by atoms with E-state index in [-0.39, 0.29) is 6.17 Å². The van der Waals surface area contributed by atoms with Crippen LogP contribution in [0.15, 0.2) is 94.9 Å². The van der Waals surface area contributed by atoms with Crippen LogP contribution in [0.2, 0.25) is 0 Å². The zero-order chi connectivity index (χ0) is 21.5. The quantitative estimate of drug-likeness (QED) is 0.383. The first-order valence-corrected chi connectivity index (χ1v) is 11.4. The molecule has 31 heavy (non-hydrogen) atoms. The number of nitrogens with zero attached hydrogens (tertiary/aromatic N) is 3. The molecule has 1 aliphatic heterocycles. The van der Waals surface area contributed by atoms with Crippen molar-refractivity contribution in [1.29, 1.82) is 0 Å². The van der Waals surface area contributed by atoms with Crippen LogP contribution in [0.1, 0.15) is 61.0 Å². The van der Waals surface area contributed by atoms with Crippen molar-refractivity contribution in [3.05, 3.63) is 107 Å². The zero-order valence-electron chi connectivity index (χ0n) is 18.5. The highest BCUT2D eigenvalue weighted by atomic mass is 15.3. The Labute approximate surface area is 186 Å². The molecule has 0 saturated heterocycles. The number of hydrogen-bond donors (Lipinski definition) is 0. The summed E-state index contributed by atoms with van der Waals surface area (Å²) in [5.74, 6) is 1.73. The summed E-state index contributed by atoms with van der Waals surface area (Å²) in [6.07, 6.45) is 6.22. The molecule has 1 unspecified atom stereocenters. The van der Waals surface area contributed by atoms with Crippen molar-refractivity contribution in [3.8, 4) is 0 Å². The molecule has 0 N–H and O–H groups in total. The zero-order valence-corrected chi connectivity index (χ0v) is 18.5. The van der Waals surface area contributed by atoms with Crippen LogP contribution in [0.25, 0.3) is 0 Å². The van der Waals surface area contributed by atoms with Gasteiger partial charge in [0, 0.05) is 18.2 Å². The van der Waals surface area contributed by atoms with Crippen molar-refractivity contribution in [2.24, 2.45) is 9.98 Å². The second-order valence-electron chi connectivity index (χ2n) is 8.16. The van der Waals surface area contributed by atoms with Crippen LogP contribution in [0, 0.1) is 0 Å². The van der Waals surface area contributed by atoms with Gasteiger partial charge in [0.2, 0.25) is 0 Å². The highest BCUT2D eigenvalue weighted by molar-refractivity contribution is 6.12. The Morgan fingerprint density at radius 2 is 1.39 bits per heavy atom. The van der Waals surface area contributed by atoms with Gasteiger partial charge in [-0.05, 0) is 24.0 Å². The summed E-state index contributed by atoms with van der Waals surface area (Å²) in [7, 11) is 2.08. The van der Waals surface area contributed by atoms with E-state index in [9.17, 15) is 0 Å². The number of hydrogen-bond acceptors (Lipinski definition) is 3. The molecular weight excluding hydrogens is 378 g/mol. The van der Waals surface area contributed by atoms with E-state index >= 15 is 0 Å². The van der Waals surface area contributed by atoms with E-state index in [1.54, 1.807) is 0 Å². The van der Waals surface area contributed by atoms with E-state index in [1.165, 1.54) is 36.8 Å². The third kappa shape index (κ3) is 5.11. The summed E-state index contributed by atoms with van der Waals surface area (Å²) < 4.78 is 0. The average molecular weight is 410 g/mol. The number of amidine groups is 2. The normalized spacial score (nSPS) is 16.1. The molecule has 3 aromatic carbocycles. The lowest BCUT2D eigenvalue weighted by Crippen LogP contribution is -2.35. The average Bonchev–Trinajstić information content (AvgIpc) is 2.84. The Kier molecular flexibility index (Phi) is 6.93. The van der Waals surface area contributed by atoms with Crippen LogP contribution in [-0.2, 0) is 6.42 Å². The molecule has 1 atom stereocenters. The molecule has 3 aromatic rings. The molecule has 4 rings (SSSR count). The standard InChI is InChI=1S/C28H31N3/c1-3-4-5-8-13-22-18-20-25(21-19-22)28-30-26(23-14-9-6-10-15-23)29-27(31(28)2)24-16-11-7-12-17-24/h6-7,9-12,14-21,28H,3-5,8,13H2,1-2H3. The third-order valence-corrected chi connectivity index (χ3v) is 5.82. The Balaban J connectivity index is 1.63. The lowest BCUT2D eigenvalue weighted by Gasteiger charge is -2.32. The molecule has 0 fully saturated rings. The molecule has 0 radical (unpaired) electrons. The summed E-state index contributed by atoms with van der Waals surface area (Å²) >= 11 is 0. The topological polar surface area (TPSA) is 28.0 Å². The summed E-state index contributed by atoms with van der Waals surface area (Å²) in [5.41, 5.74) is 4.74.